The molecule has 0 amide bonds. The lowest BCUT2D eigenvalue weighted by Crippen LogP contribution is -2.21. The molecular weight excluding hydrogens is 232 g/mol. The van der Waals surface area contributed by atoms with Crippen molar-refractivity contribution >= 4 is 28.6 Å². The minimum Gasteiger partial charge on any atom is -0.394 e. The van der Waals surface area contributed by atoms with Gasteiger partial charge in [-0.25, -0.2) is 0 Å². The third-order valence-corrected chi connectivity index (χ3v) is 3.22. The van der Waals surface area contributed by atoms with Crippen molar-refractivity contribution in [1.82, 2.24) is 4.57 Å². The van der Waals surface area contributed by atoms with Crippen molar-refractivity contribution in [3.05, 3.63) is 50.0 Å². The third kappa shape index (κ3) is 2.22. The van der Waals surface area contributed by atoms with E-state index in [1.165, 1.54) is 11.3 Å². The van der Waals surface area contributed by atoms with E-state index in [1.807, 2.05) is 12.1 Å². The Labute approximate surface area is 95.7 Å². The van der Waals surface area contributed by atoms with Crippen molar-refractivity contribution in [3.63, 3.8) is 0 Å². The first-order chi connectivity index (χ1) is 7.16. The summed E-state index contributed by atoms with van der Waals surface area (Å²) in [6, 6.07) is 7.08. The van der Waals surface area contributed by atoms with E-state index in [0.717, 1.165) is 9.21 Å². The summed E-state index contributed by atoms with van der Waals surface area (Å²) in [5.74, 6) is 0. The molecule has 2 aromatic rings. The van der Waals surface area contributed by atoms with Crippen molar-refractivity contribution in [2.45, 2.75) is 6.54 Å². The molecule has 0 aliphatic heterocycles. The summed E-state index contributed by atoms with van der Waals surface area (Å²) in [4.78, 5) is 12.6. The van der Waals surface area contributed by atoms with Crippen LogP contribution < -0.4 is 11.3 Å². The van der Waals surface area contributed by atoms with Crippen molar-refractivity contribution in [2.75, 3.05) is 5.73 Å². The largest absolute Gasteiger partial charge is 0.394 e. The van der Waals surface area contributed by atoms with Gasteiger partial charge in [0.15, 0.2) is 0 Å². The zero-order valence-corrected chi connectivity index (χ0v) is 9.39. The molecule has 0 fully saturated rings. The molecule has 0 unspecified atom stereocenters. The summed E-state index contributed by atoms with van der Waals surface area (Å²) in [5, 5.41) is 0. The molecule has 0 bridgehead atoms. The number of hydrogen-bond acceptors (Lipinski definition) is 3. The first-order valence-corrected chi connectivity index (χ1v) is 5.55. The van der Waals surface area contributed by atoms with E-state index in [4.69, 9.17) is 17.3 Å². The van der Waals surface area contributed by atoms with Crippen molar-refractivity contribution in [3.8, 4) is 0 Å². The molecule has 0 aromatic carbocycles. The van der Waals surface area contributed by atoms with Gasteiger partial charge >= 0.3 is 0 Å². The number of nitrogen functional groups attached to an aromatic ring is 1. The van der Waals surface area contributed by atoms with E-state index in [-0.39, 0.29) is 11.2 Å². The maximum absolute atomic E-state index is 11.6. The van der Waals surface area contributed by atoms with Gasteiger partial charge in [-0.1, -0.05) is 11.6 Å². The molecule has 3 nitrogen and oxygen atoms in total. The predicted molar refractivity (Wildman–Crippen MR) is 63.5 cm³/mol. The quantitative estimate of drug-likeness (QED) is 0.875. The van der Waals surface area contributed by atoms with Gasteiger partial charge in [0.25, 0.3) is 5.56 Å². The summed E-state index contributed by atoms with van der Waals surface area (Å²) in [6.07, 6.45) is 1.71. The second-order valence-corrected chi connectivity index (χ2v) is 4.90. The van der Waals surface area contributed by atoms with Gasteiger partial charge in [-0.15, -0.1) is 11.3 Å². The number of aromatic nitrogens is 1. The van der Waals surface area contributed by atoms with Crippen molar-refractivity contribution < 1.29 is 0 Å². The normalized spacial score (nSPS) is 10.5. The molecule has 2 heterocycles. The van der Waals surface area contributed by atoms with Crippen molar-refractivity contribution in [2.24, 2.45) is 0 Å². The van der Waals surface area contributed by atoms with Gasteiger partial charge in [-0.05, 0) is 24.3 Å². The van der Waals surface area contributed by atoms with E-state index in [1.54, 1.807) is 22.9 Å². The molecule has 15 heavy (non-hydrogen) atoms. The number of nitrogens with two attached hydrogens (primary N) is 1. The first kappa shape index (κ1) is 10.3. The second-order valence-electron chi connectivity index (χ2n) is 3.10. The minimum absolute atomic E-state index is 0.165. The molecule has 0 atom stereocenters. The molecule has 0 aliphatic carbocycles. The van der Waals surface area contributed by atoms with Crippen LogP contribution in [0.2, 0.25) is 4.34 Å². The molecule has 0 saturated carbocycles. The minimum atomic E-state index is -0.165. The van der Waals surface area contributed by atoms with Crippen LogP contribution in [0.3, 0.4) is 0 Å². The second kappa shape index (κ2) is 4.08. The molecule has 78 valence electrons. The fourth-order valence-corrected chi connectivity index (χ4v) is 2.37. The lowest BCUT2D eigenvalue weighted by atomic mass is 10.4. The van der Waals surface area contributed by atoms with Gasteiger partial charge in [-0.3, -0.25) is 4.79 Å². The summed E-state index contributed by atoms with van der Waals surface area (Å²) < 4.78 is 2.29. The molecular formula is C10H9ClN2OS. The highest BCUT2D eigenvalue weighted by Gasteiger charge is 2.02. The van der Waals surface area contributed by atoms with Crippen LogP contribution in [0.5, 0.6) is 0 Å². The van der Waals surface area contributed by atoms with Crippen LogP contribution >= 0.6 is 22.9 Å². The Morgan fingerprint density at radius 3 is 2.87 bits per heavy atom. The van der Waals surface area contributed by atoms with Crippen LogP contribution in [0.4, 0.5) is 5.69 Å². The van der Waals surface area contributed by atoms with Gasteiger partial charge in [-0.2, -0.15) is 0 Å². The summed E-state index contributed by atoms with van der Waals surface area (Å²) in [6.45, 7) is 0.515. The van der Waals surface area contributed by atoms with E-state index in [0.29, 0.717) is 6.54 Å². The number of anilines is 1. The average molecular weight is 241 g/mol. The van der Waals surface area contributed by atoms with Crippen LogP contribution in [0.25, 0.3) is 0 Å². The number of pyridine rings is 1. The van der Waals surface area contributed by atoms with Gasteiger partial charge in [0.2, 0.25) is 0 Å². The summed E-state index contributed by atoms with van der Waals surface area (Å²) >= 11 is 7.27. The standard InChI is InChI=1S/C10H9ClN2OS/c11-9-4-3-7(15-9)6-13-5-1-2-8(12)10(13)14/h1-5H,6,12H2. The van der Waals surface area contributed by atoms with E-state index in [2.05, 4.69) is 0 Å². The number of hydrogen-bond donors (Lipinski definition) is 1. The molecule has 2 aromatic heterocycles. The van der Waals surface area contributed by atoms with Crippen LogP contribution in [-0.4, -0.2) is 4.57 Å². The molecule has 0 saturated heterocycles. The average Bonchev–Trinajstić information content (AvgIpc) is 2.59. The van der Waals surface area contributed by atoms with Crippen LogP contribution in [0.1, 0.15) is 4.88 Å². The molecule has 0 spiro atoms. The van der Waals surface area contributed by atoms with Gasteiger partial charge in [0.05, 0.1) is 16.6 Å². The monoisotopic (exact) mass is 240 g/mol. The Bertz CT molecular complexity index is 532. The van der Waals surface area contributed by atoms with Crippen LogP contribution in [0.15, 0.2) is 35.3 Å². The number of halogens is 1. The Morgan fingerprint density at radius 1 is 1.40 bits per heavy atom. The lowest BCUT2D eigenvalue weighted by Gasteiger charge is -2.03. The fourth-order valence-electron chi connectivity index (χ4n) is 1.28. The van der Waals surface area contributed by atoms with Gasteiger partial charge < -0.3 is 10.3 Å². The maximum atomic E-state index is 11.6. The third-order valence-electron chi connectivity index (χ3n) is 2.00. The molecule has 2 rings (SSSR count). The lowest BCUT2D eigenvalue weighted by molar-refractivity contribution is 0.773. The first-order valence-electron chi connectivity index (χ1n) is 4.36. The number of nitrogens with zero attached hydrogens (tertiary/aromatic N) is 1. The Morgan fingerprint density at radius 2 is 2.20 bits per heavy atom. The van der Waals surface area contributed by atoms with E-state index < -0.39 is 0 Å². The summed E-state index contributed by atoms with van der Waals surface area (Å²) in [5.41, 5.74) is 5.62. The zero-order valence-electron chi connectivity index (χ0n) is 7.81. The SMILES string of the molecule is Nc1cccn(Cc2ccc(Cl)s2)c1=O. The summed E-state index contributed by atoms with van der Waals surface area (Å²) in [7, 11) is 0. The Balaban J connectivity index is 2.32. The fraction of sp³-hybridized carbons (Fsp3) is 0.100. The maximum Gasteiger partial charge on any atom is 0.273 e. The van der Waals surface area contributed by atoms with Crippen LogP contribution in [-0.2, 0) is 6.54 Å². The van der Waals surface area contributed by atoms with E-state index in [9.17, 15) is 4.79 Å². The number of rotatable bonds is 2. The molecule has 5 heteroatoms. The highest BCUT2D eigenvalue weighted by atomic mass is 35.5. The smallest absolute Gasteiger partial charge is 0.273 e. The highest BCUT2D eigenvalue weighted by molar-refractivity contribution is 7.16. The zero-order chi connectivity index (χ0) is 10.8. The number of thiophene rings is 1. The van der Waals surface area contributed by atoms with Gasteiger partial charge in [0.1, 0.15) is 0 Å². The Hall–Kier alpha value is -1.26. The van der Waals surface area contributed by atoms with Crippen molar-refractivity contribution in [1.29, 1.82) is 0 Å². The molecule has 0 radical (unpaired) electrons. The van der Waals surface area contributed by atoms with Gasteiger partial charge in [0, 0.05) is 11.1 Å². The molecule has 0 aliphatic rings. The predicted octanol–water partition coefficient (Wildman–Crippen LogP) is 2.19. The Kier molecular flexibility index (Phi) is 2.79. The van der Waals surface area contributed by atoms with E-state index >= 15 is 0 Å². The highest BCUT2D eigenvalue weighted by Crippen LogP contribution is 2.21. The topological polar surface area (TPSA) is 48.0 Å². The van der Waals surface area contributed by atoms with Crippen LogP contribution in [0, 0.1) is 0 Å². The molecule has 2 N–H and O–H groups in total.